The van der Waals surface area contributed by atoms with Crippen LogP contribution in [-0.2, 0) is 6.18 Å². The molecule has 0 saturated carbocycles. The van der Waals surface area contributed by atoms with Crippen LogP contribution in [0.3, 0.4) is 0 Å². The summed E-state index contributed by atoms with van der Waals surface area (Å²) < 4.78 is 39.9. The summed E-state index contributed by atoms with van der Waals surface area (Å²) in [6, 6.07) is 5.23. The molecular weight excluding hydrogens is 416 g/mol. The van der Waals surface area contributed by atoms with Gasteiger partial charge in [-0.25, -0.2) is 9.97 Å². The SMILES string of the molecule is CC(C)c1nc(-c2ccccc2C(F)(F)F)nc(Cl)c1I. The molecule has 0 unspecified atom stereocenters. The molecule has 0 spiro atoms. The van der Waals surface area contributed by atoms with Crippen molar-refractivity contribution in [1.29, 1.82) is 0 Å². The molecular formula is C14H11ClF3IN2. The van der Waals surface area contributed by atoms with Crippen molar-refractivity contribution in [2.45, 2.75) is 25.9 Å². The Balaban J connectivity index is 2.69. The zero-order valence-corrected chi connectivity index (χ0v) is 14.1. The summed E-state index contributed by atoms with van der Waals surface area (Å²) in [6.07, 6.45) is -4.46. The van der Waals surface area contributed by atoms with Crippen molar-refractivity contribution in [2.24, 2.45) is 0 Å². The molecule has 2 aromatic rings. The first kappa shape index (κ1) is 16.5. The number of alkyl halides is 3. The Morgan fingerprint density at radius 3 is 2.33 bits per heavy atom. The average Bonchev–Trinajstić information content (AvgIpc) is 2.40. The Kier molecular flexibility index (Phi) is 4.77. The van der Waals surface area contributed by atoms with Gasteiger partial charge in [-0.2, -0.15) is 13.2 Å². The minimum Gasteiger partial charge on any atom is -0.232 e. The molecule has 2 rings (SSSR count). The Bertz CT molecular complexity index is 672. The van der Waals surface area contributed by atoms with E-state index in [4.69, 9.17) is 11.6 Å². The number of halogens is 5. The van der Waals surface area contributed by atoms with Gasteiger partial charge < -0.3 is 0 Å². The van der Waals surface area contributed by atoms with Crippen molar-refractivity contribution in [3.8, 4) is 11.4 Å². The molecule has 0 bridgehead atoms. The zero-order valence-electron chi connectivity index (χ0n) is 11.2. The van der Waals surface area contributed by atoms with Crippen molar-refractivity contribution >= 4 is 34.2 Å². The summed E-state index contributed by atoms with van der Waals surface area (Å²) in [7, 11) is 0. The van der Waals surface area contributed by atoms with Gasteiger partial charge in [0.05, 0.1) is 14.8 Å². The maximum atomic E-state index is 13.1. The summed E-state index contributed by atoms with van der Waals surface area (Å²) in [6.45, 7) is 3.81. The Hall–Kier alpha value is -0.890. The van der Waals surface area contributed by atoms with Gasteiger partial charge >= 0.3 is 6.18 Å². The fourth-order valence-corrected chi connectivity index (χ4v) is 2.91. The van der Waals surface area contributed by atoms with Crippen LogP contribution in [0.15, 0.2) is 24.3 Å². The molecule has 1 aromatic heterocycles. The van der Waals surface area contributed by atoms with Gasteiger partial charge in [-0.1, -0.05) is 43.6 Å². The summed E-state index contributed by atoms with van der Waals surface area (Å²) in [5.74, 6) is 0.0336. The fraction of sp³-hybridized carbons (Fsp3) is 0.286. The molecule has 0 aliphatic rings. The normalized spacial score (nSPS) is 12.0. The third kappa shape index (κ3) is 3.48. The molecule has 0 N–H and O–H groups in total. The average molecular weight is 427 g/mol. The van der Waals surface area contributed by atoms with Crippen molar-refractivity contribution in [1.82, 2.24) is 9.97 Å². The van der Waals surface area contributed by atoms with Gasteiger partial charge in [0.25, 0.3) is 0 Å². The van der Waals surface area contributed by atoms with Gasteiger partial charge in [0, 0.05) is 5.56 Å². The Morgan fingerprint density at radius 1 is 1.14 bits per heavy atom. The molecule has 112 valence electrons. The van der Waals surface area contributed by atoms with Crippen molar-refractivity contribution in [3.63, 3.8) is 0 Å². The van der Waals surface area contributed by atoms with Crippen LogP contribution < -0.4 is 0 Å². The summed E-state index contributed by atoms with van der Waals surface area (Å²) >= 11 is 8.04. The second-order valence-electron chi connectivity index (χ2n) is 4.74. The first-order valence-corrected chi connectivity index (χ1v) is 7.57. The lowest BCUT2D eigenvalue weighted by Crippen LogP contribution is -2.09. The highest BCUT2D eigenvalue weighted by atomic mass is 127. The minimum atomic E-state index is -4.46. The van der Waals surface area contributed by atoms with Crippen LogP contribution in [0.1, 0.15) is 31.0 Å². The number of rotatable bonds is 2. The molecule has 21 heavy (non-hydrogen) atoms. The third-order valence-corrected chi connectivity index (χ3v) is 4.51. The van der Waals surface area contributed by atoms with E-state index in [0.29, 0.717) is 9.26 Å². The Morgan fingerprint density at radius 2 is 1.76 bits per heavy atom. The lowest BCUT2D eigenvalue weighted by Gasteiger charge is -2.14. The van der Waals surface area contributed by atoms with Crippen LogP contribution >= 0.6 is 34.2 Å². The van der Waals surface area contributed by atoms with Crippen LogP contribution in [0.2, 0.25) is 5.15 Å². The summed E-state index contributed by atoms with van der Waals surface area (Å²) in [4.78, 5) is 8.28. The molecule has 0 aliphatic heterocycles. The largest absolute Gasteiger partial charge is 0.417 e. The molecule has 7 heteroatoms. The highest BCUT2D eigenvalue weighted by Gasteiger charge is 2.34. The Labute approximate surface area is 138 Å². The molecule has 0 fully saturated rings. The highest BCUT2D eigenvalue weighted by Crippen LogP contribution is 2.37. The number of hydrogen-bond donors (Lipinski definition) is 0. The topological polar surface area (TPSA) is 25.8 Å². The van der Waals surface area contributed by atoms with E-state index >= 15 is 0 Å². The highest BCUT2D eigenvalue weighted by molar-refractivity contribution is 14.1. The van der Waals surface area contributed by atoms with Gasteiger partial charge in [0.2, 0.25) is 0 Å². The second-order valence-corrected chi connectivity index (χ2v) is 6.17. The van der Waals surface area contributed by atoms with Gasteiger partial charge in [-0.15, -0.1) is 0 Å². The number of aromatic nitrogens is 2. The maximum absolute atomic E-state index is 13.1. The molecule has 2 nitrogen and oxygen atoms in total. The molecule has 0 saturated heterocycles. The van der Waals surface area contributed by atoms with E-state index < -0.39 is 11.7 Å². The predicted molar refractivity (Wildman–Crippen MR) is 84.3 cm³/mol. The van der Waals surface area contributed by atoms with Crippen LogP contribution in [0.4, 0.5) is 13.2 Å². The summed E-state index contributed by atoms with van der Waals surface area (Å²) in [5, 5.41) is 0.168. The van der Waals surface area contributed by atoms with E-state index in [2.05, 4.69) is 9.97 Å². The van der Waals surface area contributed by atoms with Crippen LogP contribution in [0.5, 0.6) is 0 Å². The van der Waals surface area contributed by atoms with Crippen LogP contribution in [0, 0.1) is 3.57 Å². The maximum Gasteiger partial charge on any atom is 0.417 e. The van der Waals surface area contributed by atoms with Gasteiger partial charge in [-0.3, -0.25) is 0 Å². The molecule has 0 atom stereocenters. The quantitative estimate of drug-likeness (QED) is 0.465. The molecule has 1 heterocycles. The van der Waals surface area contributed by atoms with Crippen molar-refractivity contribution in [2.75, 3.05) is 0 Å². The molecule has 1 aromatic carbocycles. The number of benzene rings is 1. The van der Waals surface area contributed by atoms with E-state index in [9.17, 15) is 13.2 Å². The summed E-state index contributed by atoms with van der Waals surface area (Å²) in [5.41, 5.74) is -0.190. The van der Waals surface area contributed by atoms with Crippen molar-refractivity contribution < 1.29 is 13.2 Å². The van der Waals surface area contributed by atoms with E-state index in [1.807, 2.05) is 36.4 Å². The molecule has 0 amide bonds. The number of nitrogens with zero attached hydrogens (tertiary/aromatic N) is 2. The predicted octanol–water partition coefficient (Wildman–Crippen LogP) is 5.54. The van der Waals surface area contributed by atoms with Crippen LogP contribution in [0.25, 0.3) is 11.4 Å². The van der Waals surface area contributed by atoms with Crippen molar-refractivity contribution in [3.05, 3.63) is 44.2 Å². The monoisotopic (exact) mass is 426 g/mol. The first-order chi connectivity index (χ1) is 9.71. The van der Waals surface area contributed by atoms with Gasteiger partial charge in [-0.05, 0) is 34.6 Å². The third-order valence-electron chi connectivity index (χ3n) is 2.86. The first-order valence-electron chi connectivity index (χ1n) is 6.11. The molecule has 0 aliphatic carbocycles. The zero-order chi connectivity index (χ0) is 15.8. The standard InChI is InChI=1S/C14H11ClF3IN2/c1-7(2)11-10(19)12(15)21-13(20-11)8-5-3-4-6-9(8)14(16,17)18/h3-7H,1-2H3. The number of hydrogen-bond acceptors (Lipinski definition) is 2. The minimum absolute atomic E-state index is 0.00274. The van der Waals surface area contributed by atoms with Gasteiger partial charge in [0.15, 0.2) is 5.82 Å². The fourth-order valence-electron chi connectivity index (χ4n) is 1.86. The molecule has 0 radical (unpaired) electrons. The second kappa shape index (κ2) is 6.08. The van der Waals surface area contributed by atoms with E-state index in [-0.39, 0.29) is 22.5 Å². The van der Waals surface area contributed by atoms with E-state index in [1.54, 1.807) is 0 Å². The van der Waals surface area contributed by atoms with E-state index in [0.717, 1.165) is 6.07 Å². The van der Waals surface area contributed by atoms with Gasteiger partial charge in [0.1, 0.15) is 5.15 Å². The lowest BCUT2D eigenvalue weighted by molar-refractivity contribution is -0.137. The van der Waals surface area contributed by atoms with Crippen LogP contribution in [-0.4, -0.2) is 9.97 Å². The smallest absolute Gasteiger partial charge is 0.232 e. The van der Waals surface area contributed by atoms with E-state index in [1.165, 1.54) is 18.2 Å². The lowest BCUT2D eigenvalue weighted by atomic mass is 10.1.